The van der Waals surface area contributed by atoms with Gasteiger partial charge in [-0.15, -0.1) is 0 Å². The zero-order valence-corrected chi connectivity index (χ0v) is 17.0. The molecule has 0 aliphatic heterocycles. The first kappa shape index (κ1) is 19.5. The van der Waals surface area contributed by atoms with E-state index in [-0.39, 0.29) is 17.1 Å². The number of sulfone groups is 1. The van der Waals surface area contributed by atoms with Crippen LogP contribution in [0, 0.1) is 6.92 Å². The van der Waals surface area contributed by atoms with Gasteiger partial charge in [0.05, 0.1) is 20.9 Å². The molecule has 0 saturated carbocycles. The van der Waals surface area contributed by atoms with Crippen molar-refractivity contribution in [2.45, 2.75) is 38.1 Å². The maximum absolute atomic E-state index is 12.4. The van der Waals surface area contributed by atoms with Gasteiger partial charge in [-0.2, -0.15) is 4.99 Å². The average Bonchev–Trinajstić information content (AvgIpc) is 2.97. The molecule has 0 unspecified atom stereocenters. The van der Waals surface area contributed by atoms with E-state index in [1.54, 1.807) is 30.3 Å². The van der Waals surface area contributed by atoms with Crippen LogP contribution in [0.3, 0.4) is 0 Å². The van der Waals surface area contributed by atoms with Crippen LogP contribution >= 0.6 is 11.3 Å². The van der Waals surface area contributed by atoms with Crippen molar-refractivity contribution in [3.63, 3.8) is 0 Å². The highest BCUT2D eigenvalue weighted by atomic mass is 32.2. The maximum atomic E-state index is 12.4. The maximum Gasteiger partial charge on any atom is 0.249 e. The summed E-state index contributed by atoms with van der Waals surface area (Å²) in [6.45, 7) is 4.86. The van der Waals surface area contributed by atoms with Gasteiger partial charge < -0.3 is 4.57 Å². The van der Waals surface area contributed by atoms with Gasteiger partial charge in [-0.3, -0.25) is 4.79 Å². The molecule has 0 N–H and O–H groups in total. The number of carbonyl (C=O) groups excluding carboxylic acids is 1. The lowest BCUT2D eigenvalue weighted by Gasteiger charge is -2.03. The van der Waals surface area contributed by atoms with Crippen LogP contribution in [0.15, 0.2) is 58.4 Å². The molecule has 0 atom stereocenters. The van der Waals surface area contributed by atoms with Crippen molar-refractivity contribution in [1.82, 2.24) is 4.57 Å². The van der Waals surface area contributed by atoms with Gasteiger partial charge in [-0.1, -0.05) is 42.5 Å². The second kappa shape index (κ2) is 8.19. The SMILES string of the molecule is CCCn1c(=NC(=O)CCS(=O)(=O)c2ccccc2)sc2cc(C)ccc21. The van der Waals surface area contributed by atoms with E-state index in [2.05, 4.69) is 18.0 Å². The normalized spacial score (nSPS) is 12.6. The summed E-state index contributed by atoms with van der Waals surface area (Å²) in [5.74, 6) is -0.653. The van der Waals surface area contributed by atoms with Crippen LogP contribution in [-0.4, -0.2) is 24.6 Å². The van der Waals surface area contributed by atoms with E-state index < -0.39 is 15.7 Å². The topological polar surface area (TPSA) is 68.5 Å². The highest BCUT2D eigenvalue weighted by Gasteiger charge is 2.16. The number of rotatable bonds is 6. The Labute approximate surface area is 162 Å². The molecule has 3 aromatic rings. The van der Waals surface area contributed by atoms with Gasteiger partial charge in [0.2, 0.25) is 5.91 Å². The first-order valence-corrected chi connectivity index (χ1v) is 11.3. The van der Waals surface area contributed by atoms with Crippen molar-refractivity contribution < 1.29 is 13.2 Å². The fraction of sp³-hybridized carbons (Fsp3) is 0.300. The van der Waals surface area contributed by atoms with Gasteiger partial charge in [0.1, 0.15) is 0 Å². The third-order valence-electron chi connectivity index (χ3n) is 4.19. The van der Waals surface area contributed by atoms with Crippen LogP contribution in [0.1, 0.15) is 25.3 Å². The first-order chi connectivity index (χ1) is 12.9. The van der Waals surface area contributed by atoms with Gasteiger partial charge in [0, 0.05) is 13.0 Å². The first-order valence-electron chi connectivity index (χ1n) is 8.86. The molecule has 0 spiro atoms. The Balaban J connectivity index is 1.86. The van der Waals surface area contributed by atoms with E-state index in [1.165, 1.54) is 11.3 Å². The molecule has 1 heterocycles. The molecule has 5 nitrogen and oxygen atoms in total. The molecule has 1 amide bonds. The largest absolute Gasteiger partial charge is 0.316 e. The minimum Gasteiger partial charge on any atom is -0.316 e. The lowest BCUT2D eigenvalue weighted by atomic mass is 10.2. The number of benzene rings is 2. The fourth-order valence-corrected chi connectivity index (χ4v) is 5.26. The highest BCUT2D eigenvalue weighted by Crippen LogP contribution is 2.19. The summed E-state index contributed by atoms with van der Waals surface area (Å²) in [5.41, 5.74) is 2.20. The summed E-state index contributed by atoms with van der Waals surface area (Å²) in [4.78, 5) is 17.4. The minimum absolute atomic E-state index is 0.128. The fourth-order valence-electron chi connectivity index (χ4n) is 2.84. The van der Waals surface area contributed by atoms with Gasteiger partial charge in [-0.05, 0) is 43.2 Å². The molecule has 3 rings (SSSR count). The number of carbonyl (C=O) groups is 1. The molecule has 0 fully saturated rings. The summed E-state index contributed by atoms with van der Waals surface area (Å²) in [6, 6.07) is 14.4. The van der Waals surface area contributed by atoms with Crippen molar-refractivity contribution in [2.75, 3.05) is 5.75 Å². The zero-order chi connectivity index (χ0) is 19.4. The van der Waals surface area contributed by atoms with Crippen molar-refractivity contribution in [3.05, 3.63) is 58.9 Å². The van der Waals surface area contributed by atoms with Crippen LogP contribution in [0.25, 0.3) is 10.2 Å². The van der Waals surface area contributed by atoms with Crippen molar-refractivity contribution >= 4 is 37.3 Å². The summed E-state index contributed by atoms with van der Waals surface area (Å²) in [7, 11) is -3.48. The van der Waals surface area contributed by atoms with Crippen molar-refractivity contribution in [3.8, 4) is 0 Å². The molecule has 0 aliphatic rings. The number of amides is 1. The molecule has 0 saturated heterocycles. The molecule has 0 aliphatic carbocycles. The van der Waals surface area contributed by atoms with Crippen LogP contribution in [0.2, 0.25) is 0 Å². The molecular weight excluding hydrogens is 380 g/mol. The highest BCUT2D eigenvalue weighted by molar-refractivity contribution is 7.91. The number of nitrogens with zero attached hydrogens (tertiary/aromatic N) is 2. The standard InChI is InChI=1S/C20H22N2O3S2/c1-3-12-22-17-10-9-15(2)14-18(17)26-20(22)21-19(23)11-13-27(24,25)16-7-5-4-6-8-16/h4-10,14H,3,11-13H2,1-2H3. The van der Waals surface area contributed by atoms with E-state index in [0.29, 0.717) is 4.80 Å². The quantitative estimate of drug-likeness (QED) is 0.631. The predicted octanol–water partition coefficient (Wildman–Crippen LogP) is 3.71. The van der Waals surface area contributed by atoms with Gasteiger partial charge >= 0.3 is 0 Å². The Morgan fingerprint density at radius 3 is 2.59 bits per heavy atom. The predicted molar refractivity (Wildman–Crippen MR) is 109 cm³/mol. The molecule has 0 radical (unpaired) electrons. The van der Waals surface area contributed by atoms with Crippen LogP contribution in [-0.2, 0) is 21.2 Å². The Morgan fingerprint density at radius 2 is 1.89 bits per heavy atom. The Kier molecular flexibility index (Phi) is 5.92. The number of aryl methyl sites for hydroxylation is 2. The summed E-state index contributed by atoms with van der Waals surface area (Å²) in [6.07, 6.45) is 0.792. The van der Waals surface area contributed by atoms with Crippen molar-refractivity contribution in [2.24, 2.45) is 4.99 Å². The molecular formula is C20H22N2O3S2. The van der Waals surface area contributed by atoms with E-state index in [4.69, 9.17) is 0 Å². The van der Waals surface area contributed by atoms with E-state index >= 15 is 0 Å². The van der Waals surface area contributed by atoms with Crippen LogP contribution < -0.4 is 4.80 Å². The Morgan fingerprint density at radius 1 is 1.15 bits per heavy atom. The number of thiazole rings is 1. The Hall–Kier alpha value is -2.25. The summed E-state index contributed by atoms with van der Waals surface area (Å²) in [5, 5.41) is 0. The Bertz CT molecular complexity index is 1130. The zero-order valence-electron chi connectivity index (χ0n) is 15.4. The van der Waals surface area contributed by atoms with Gasteiger partial charge in [-0.25, -0.2) is 8.42 Å². The van der Waals surface area contributed by atoms with E-state index in [1.807, 2.05) is 23.6 Å². The second-order valence-corrected chi connectivity index (χ2v) is 9.51. The third kappa shape index (κ3) is 4.54. The van der Waals surface area contributed by atoms with E-state index in [9.17, 15) is 13.2 Å². The lowest BCUT2D eigenvalue weighted by molar-refractivity contribution is -0.117. The minimum atomic E-state index is -3.48. The monoisotopic (exact) mass is 402 g/mol. The molecule has 1 aromatic heterocycles. The molecule has 27 heavy (non-hydrogen) atoms. The number of hydrogen-bond acceptors (Lipinski definition) is 4. The van der Waals surface area contributed by atoms with Gasteiger partial charge in [0.25, 0.3) is 0 Å². The molecule has 2 aromatic carbocycles. The van der Waals surface area contributed by atoms with E-state index in [0.717, 1.165) is 28.7 Å². The smallest absolute Gasteiger partial charge is 0.249 e. The molecule has 7 heteroatoms. The summed E-state index contributed by atoms with van der Waals surface area (Å²) < 4.78 is 27.8. The number of aromatic nitrogens is 1. The van der Waals surface area contributed by atoms with Crippen LogP contribution in [0.4, 0.5) is 0 Å². The van der Waals surface area contributed by atoms with Crippen LogP contribution in [0.5, 0.6) is 0 Å². The number of hydrogen-bond donors (Lipinski definition) is 0. The summed E-state index contributed by atoms with van der Waals surface area (Å²) >= 11 is 1.46. The average molecular weight is 403 g/mol. The lowest BCUT2D eigenvalue weighted by Crippen LogP contribution is -2.18. The third-order valence-corrected chi connectivity index (χ3v) is 6.97. The molecule has 142 valence electrons. The molecule has 0 bridgehead atoms. The van der Waals surface area contributed by atoms with Crippen molar-refractivity contribution in [1.29, 1.82) is 0 Å². The van der Waals surface area contributed by atoms with Gasteiger partial charge in [0.15, 0.2) is 14.6 Å². The number of fused-ring (bicyclic) bond motifs is 1. The second-order valence-electron chi connectivity index (χ2n) is 6.39.